The molecule has 1 aromatic carbocycles. The van der Waals surface area contributed by atoms with Gasteiger partial charge in [-0.2, -0.15) is 0 Å². The molecule has 1 N–H and O–H groups in total. The number of anilines is 1. The standard InChI is InChI=1S/C22H30Cl2N2O2S.2C2H6/c1-6-9-26(12-16(14(4)5)21(27)28)22-25-20(19(29-22)10-13(2)3)15-7-8-17(23)18(24)11-15;2*1-2/h7-8,11,13-14,16H,6,9-10,12H2,1-5H3,(H,27,28);2*1-2H3. The zero-order valence-electron chi connectivity index (χ0n) is 21.7. The van der Waals surface area contributed by atoms with Crippen molar-refractivity contribution in [3.63, 3.8) is 0 Å². The third-order valence-corrected chi connectivity index (χ3v) is 6.65. The third-order valence-electron chi connectivity index (χ3n) is 4.78. The van der Waals surface area contributed by atoms with Crippen molar-refractivity contribution in [3.05, 3.63) is 33.1 Å². The molecule has 2 aromatic rings. The van der Waals surface area contributed by atoms with E-state index in [0.717, 1.165) is 35.8 Å². The van der Waals surface area contributed by atoms with Crippen molar-refractivity contribution < 1.29 is 9.90 Å². The SMILES string of the molecule is CC.CC.CCCN(CC(C(=O)O)C(C)C)c1nc(-c2ccc(Cl)c(Cl)c2)c(CC(C)C)s1. The number of halogens is 2. The van der Waals surface area contributed by atoms with Gasteiger partial charge in [-0.1, -0.05) is 91.6 Å². The quantitative estimate of drug-likeness (QED) is 0.342. The minimum Gasteiger partial charge on any atom is -0.481 e. The molecule has 7 heteroatoms. The summed E-state index contributed by atoms with van der Waals surface area (Å²) in [6.45, 7) is 19.6. The van der Waals surface area contributed by atoms with Gasteiger partial charge in [0.15, 0.2) is 5.13 Å². The van der Waals surface area contributed by atoms with Gasteiger partial charge in [-0.15, -0.1) is 11.3 Å². The number of aliphatic carboxylic acids is 1. The van der Waals surface area contributed by atoms with Gasteiger partial charge in [0, 0.05) is 23.5 Å². The maximum atomic E-state index is 11.7. The molecule has 0 aliphatic rings. The van der Waals surface area contributed by atoms with E-state index >= 15 is 0 Å². The second kappa shape index (κ2) is 16.3. The maximum Gasteiger partial charge on any atom is 0.308 e. The fourth-order valence-electron chi connectivity index (χ4n) is 3.20. The van der Waals surface area contributed by atoms with Crippen molar-refractivity contribution in [1.29, 1.82) is 0 Å². The fraction of sp³-hybridized carbons (Fsp3) is 0.615. The number of hydrogen-bond donors (Lipinski definition) is 1. The number of rotatable bonds is 10. The number of carboxylic acid groups (broad SMARTS) is 1. The van der Waals surface area contributed by atoms with Crippen LogP contribution in [0, 0.1) is 17.8 Å². The van der Waals surface area contributed by atoms with E-state index in [1.165, 1.54) is 4.88 Å². The van der Waals surface area contributed by atoms with E-state index in [2.05, 4.69) is 25.7 Å². The highest BCUT2D eigenvalue weighted by molar-refractivity contribution is 7.16. The highest BCUT2D eigenvalue weighted by Crippen LogP contribution is 2.37. The van der Waals surface area contributed by atoms with Crippen molar-refractivity contribution in [3.8, 4) is 11.3 Å². The molecule has 0 fully saturated rings. The fourth-order valence-corrected chi connectivity index (χ4v) is 4.83. The van der Waals surface area contributed by atoms with Crippen molar-refractivity contribution in [2.75, 3.05) is 18.0 Å². The summed E-state index contributed by atoms with van der Waals surface area (Å²) in [4.78, 5) is 20.0. The van der Waals surface area contributed by atoms with Crippen LogP contribution >= 0.6 is 34.5 Å². The number of carbonyl (C=O) groups is 1. The third kappa shape index (κ3) is 9.84. The molecule has 1 unspecified atom stereocenters. The van der Waals surface area contributed by atoms with Crippen LogP contribution in [-0.4, -0.2) is 29.1 Å². The summed E-state index contributed by atoms with van der Waals surface area (Å²) in [5.74, 6) is -0.666. The van der Waals surface area contributed by atoms with Gasteiger partial charge in [-0.05, 0) is 36.8 Å². The van der Waals surface area contributed by atoms with Crippen molar-refractivity contribution >= 4 is 45.6 Å². The Labute approximate surface area is 215 Å². The number of benzene rings is 1. The molecule has 0 bridgehead atoms. The van der Waals surface area contributed by atoms with Crippen LogP contribution < -0.4 is 4.90 Å². The molecule has 1 atom stereocenters. The van der Waals surface area contributed by atoms with Gasteiger partial charge < -0.3 is 10.0 Å². The number of carboxylic acids is 1. The smallest absolute Gasteiger partial charge is 0.308 e. The molecule has 4 nitrogen and oxygen atoms in total. The largest absolute Gasteiger partial charge is 0.481 e. The maximum absolute atomic E-state index is 11.7. The van der Waals surface area contributed by atoms with E-state index in [1.807, 2.05) is 53.7 Å². The van der Waals surface area contributed by atoms with E-state index in [4.69, 9.17) is 28.2 Å². The predicted octanol–water partition coefficient (Wildman–Crippen LogP) is 8.94. The van der Waals surface area contributed by atoms with Crippen molar-refractivity contribution in [2.45, 2.75) is 75.2 Å². The highest BCUT2D eigenvalue weighted by atomic mass is 35.5. The first kappa shape index (κ1) is 31.7. The summed E-state index contributed by atoms with van der Waals surface area (Å²) >= 11 is 14.0. The Kier molecular flexibility index (Phi) is 15.7. The molecule has 0 saturated carbocycles. The Morgan fingerprint density at radius 1 is 1.09 bits per heavy atom. The van der Waals surface area contributed by atoms with Gasteiger partial charge in [0.1, 0.15) is 0 Å². The van der Waals surface area contributed by atoms with Crippen molar-refractivity contribution in [2.24, 2.45) is 17.8 Å². The van der Waals surface area contributed by atoms with Crippen LogP contribution in [0.4, 0.5) is 5.13 Å². The van der Waals surface area contributed by atoms with Gasteiger partial charge in [0.2, 0.25) is 0 Å². The number of nitrogens with zero attached hydrogens (tertiary/aromatic N) is 2. The number of thiazole rings is 1. The minimum absolute atomic E-state index is 0.0523. The van der Waals surface area contributed by atoms with Gasteiger partial charge in [-0.25, -0.2) is 4.98 Å². The van der Waals surface area contributed by atoms with Crippen LogP contribution in [0.5, 0.6) is 0 Å². The lowest BCUT2D eigenvalue weighted by molar-refractivity contribution is -0.142. The van der Waals surface area contributed by atoms with Gasteiger partial charge >= 0.3 is 5.97 Å². The molecule has 1 heterocycles. The monoisotopic (exact) mass is 516 g/mol. The Morgan fingerprint density at radius 2 is 1.70 bits per heavy atom. The molecule has 0 aliphatic carbocycles. The van der Waals surface area contributed by atoms with Crippen LogP contribution in [0.1, 0.15) is 73.6 Å². The summed E-state index contributed by atoms with van der Waals surface area (Å²) in [5, 5.41) is 11.5. The first-order valence-corrected chi connectivity index (χ1v) is 13.6. The molecule has 1 aromatic heterocycles. The first-order valence-electron chi connectivity index (χ1n) is 12.1. The number of aromatic nitrogens is 1. The lowest BCUT2D eigenvalue weighted by Gasteiger charge is -2.26. The van der Waals surface area contributed by atoms with E-state index in [9.17, 15) is 9.90 Å². The summed E-state index contributed by atoms with van der Waals surface area (Å²) in [6.07, 6.45) is 1.82. The molecule has 0 saturated heterocycles. The van der Waals surface area contributed by atoms with Crippen LogP contribution in [0.3, 0.4) is 0 Å². The van der Waals surface area contributed by atoms with E-state index in [-0.39, 0.29) is 5.92 Å². The Bertz CT molecular complexity index is 838. The van der Waals surface area contributed by atoms with Gasteiger partial charge in [-0.3, -0.25) is 4.79 Å². The summed E-state index contributed by atoms with van der Waals surface area (Å²) in [6, 6.07) is 5.58. The van der Waals surface area contributed by atoms with Gasteiger partial charge in [0.05, 0.1) is 21.7 Å². The van der Waals surface area contributed by atoms with E-state index in [0.29, 0.717) is 22.5 Å². The normalized spacial score (nSPS) is 11.4. The summed E-state index contributed by atoms with van der Waals surface area (Å²) < 4.78 is 0. The Hall–Kier alpha value is -1.30. The molecule has 0 aliphatic heterocycles. The first-order chi connectivity index (χ1) is 15.6. The summed E-state index contributed by atoms with van der Waals surface area (Å²) in [7, 11) is 0. The predicted molar refractivity (Wildman–Crippen MR) is 147 cm³/mol. The zero-order chi connectivity index (χ0) is 25.7. The molecule has 33 heavy (non-hydrogen) atoms. The zero-order valence-corrected chi connectivity index (χ0v) is 24.0. The molecule has 2 rings (SSSR count). The Morgan fingerprint density at radius 3 is 2.15 bits per heavy atom. The van der Waals surface area contributed by atoms with Crippen LogP contribution in [0.25, 0.3) is 11.3 Å². The molecule has 0 spiro atoms. The van der Waals surface area contributed by atoms with Crippen LogP contribution in [0.15, 0.2) is 18.2 Å². The Balaban J connectivity index is 0.00000242. The highest BCUT2D eigenvalue weighted by Gasteiger charge is 2.27. The van der Waals surface area contributed by atoms with Crippen molar-refractivity contribution in [1.82, 2.24) is 4.98 Å². The van der Waals surface area contributed by atoms with E-state index in [1.54, 1.807) is 17.4 Å². The van der Waals surface area contributed by atoms with E-state index < -0.39 is 11.9 Å². The average molecular weight is 518 g/mol. The minimum atomic E-state index is -0.759. The molecular formula is C26H42Cl2N2O2S. The topological polar surface area (TPSA) is 53.4 Å². The van der Waals surface area contributed by atoms with Crippen LogP contribution in [0.2, 0.25) is 10.0 Å². The molecule has 0 amide bonds. The second-order valence-corrected chi connectivity index (χ2v) is 10.0. The summed E-state index contributed by atoms with van der Waals surface area (Å²) in [5.41, 5.74) is 1.85. The molecular weight excluding hydrogens is 475 g/mol. The lowest BCUT2D eigenvalue weighted by atomic mass is 9.95. The molecule has 188 valence electrons. The van der Waals surface area contributed by atoms with Gasteiger partial charge in [0.25, 0.3) is 0 Å². The number of hydrogen-bond acceptors (Lipinski definition) is 4. The lowest BCUT2D eigenvalue weighted by Crippen LogP contribution is -2.36. The molecule has 0 radical (unpaired) electrons. The van der Waals surface area contributed by atoms with Crippen LogP contribution in [-0.2, 0) is 11.2 Å². The second-order valence-electron chi connectivity index (χ2n) is 8.13. The average Bonchev–Trinajstić information content (AvgIpc) is 3.18.